The van der Waals surface area contributed by atoms with Gasteiger partial charge in [0.25, 0.3) is 0 Å². The van der Waals surface area contributed by atoms with E-state index >= 15 is 0 Å². The summed E-state index contributed by atoms with van der Waals surface area (Å²) in [5.41, 5.74) is 4.48. The smallest absolute Gasteiger partial charge is 0.341 e. The maximum absolute atomic E-state index is 14.9. The van der Waals surface area contributed by atoms with Crippen LogP contribution < -0.4 is 10.1 Å². The second kappa shape index (κ2) is 13.4. The van der Waals surface area contributed by atoms with Crippen LogP contribution in [-0.4, -0.2) is 67.0 Å². The van der Waals surface area contributed by atoms with E-state index in [9.17, 15) is 14.0 Å². The molecule has 12 nitrogen and oxygen atoms in total. The van der Waals surface area contributed by atoms with Crippen molar-refractivity contribution in [1.29, 1.82) is 0 Å². The van der Waals surface area contributed by atoms with Gasteiger partial charge in [0, 0.05) is 55.2 Å². The molecule has 2 aliphatic rings. The lowest BCUT2D eigenvalue weighted by molar-refractivity contribution is -0.152. The van der Waals surface area contributed by atoms with Gasteiger partial charge in [0.2, 0.25) is 0 Å². The van der Waals surface area contributed by atoms with Crippen LogP contribution in [0.3, 0.4) is 0 Å². The average Bonchev–Trinajstić information content (AvgIpc) is 3.78. The third-order valence-corrected chi connectivity index (χ3v) is 8.87. The van der Waals surface area contributed by atoms with Gasteiger partial charge in [-0.15, -0.1) is 0 Å². The van der Waals surface area contributed by atoms with E-state index in [2.05, 4.69) is 10.4 Å². The van der Waals surface area contributed by atoms with E-state index in [-0.39, 0.29) is 37.1 Å². The molecule has 1 N–H and O–H groups in total. The quantitative estimate of drug-likeness (QED) is 0.220. The van der Waals surface area contributed by atoms with Gasteiger partial charge in [-0.1, -0.05) is 6.07 Å². The molecule has 5 heterocycles. The van der Waals surface area contributed by atoms with Gasteiger partial charge in [0.05, 0.1) is 49.5 Å². The maximum atomic E-state index is 14.9. The zero-order valence-corrected chi connectivity index (χ0v) is 26.6. The van der Waals surface area contributed by atoms with Gasteiger partial charge >= 0.3 is 11.9 Å². The molecule has 244 valence electrons. The summed E-state index contributed by atoms with van der Waals surface area (Å²) in [6.45, 7) is 6.46. The van der Waals surface area contributed by atoms with E-state index in [0.717, 1.165) is 58.2 Å². The Kier molecular flexibility index (Phi) is 9.09. The summed E-state index contributed by atoms with van der Waals surface area (Å²) in [7, 11) is 1.99. The number of aromatic nitrogens is 6. The molecule has 0 aromatic carbocycles. The molecule has 4 aromatic heterocycles. The van der Waals surface area contributed by atoms with Crippen molar-refractivity contribution in [3.63, 3.8) is 0 Å². The number of nitrogens with one attached hydrogen (secondary N) is 1. The first-order valence-corrected chi connectivity index (χ1v) is 15.9. The molecule has 13 heteroatoms. The molecule has 0 saturated heterocycles. The Morgan fingerprint density at radius 3 is 2.52 bits per heavy atom. The number of hydrogen-bond acceptors (Lipinski definition) is 9. The van der Waals surface area contributed by atoms with Crippen LogP contribution in [-0.2, 0) is 32.7 Å². The molecule has 4 aromatic rings. The lowest BCUT2D eigenvalue weighted by Crippen LogP contribution is -2.35. The maximum Gasteiger partial charge on any atom is 0.341 e. The van der Waals surface area contributed by atoms with Crippen LogP contribution in [0.5, 0.6) is 5.75 Å². The molecule has 0 spiro atoms. The highest BCUT2D eigenvalue weighted by atomic mass is 19.1. The Bertz CT molecular complexity index is 1690. The lowest BCUT2D eigenvalue weighted by atomic mass is 9.75. The number of fused-ring (bicyclic) bond motifs is 3. The Morgan fingerprint density at radius 2 is 1.83 bits per heavy atom. The van der Waals surface area contributed by atoms with Crippen molar-refractivity contribution >= 4 is 17.8 Å². The zero-order chi connectivity index (χ0) is 32.4. The summed E-state index contributed by atoms with van der Waals surface area (Å²) in [5, 5.41) is 12.9. The molecule has 1 aliphatic heterocycles. The number of aryl methyl sites for hydroxylation is 1. The third-order valence-electron chi connectivity index (χ3n) is 8.87. The minimum absolute atomic E-state index is 0.0904. The Balaban J connectivity index is 1.25. The van der Waals surface area contributed by atoms with E-state index in [1.54, 1.807) is 17.8 Å². The number of nitrogens with zero attached hydrogens (tertiary/aromatic N) is 6. The van der Waals surface area contributed by atoms with Crippen LogP contribution in [0.1, 0.15) is 58.1 Å². The van der Waals surface area contributed by atoms with Gasteiger partial charge in [-0.05, 0) is 51.5 Å². The summed E-state index contributed by atoms with van der Waals surface area (Å²) >= 11 is 0. The summed E-state index contributed by atoms with van der Waals surface area (Å²) in [4.78, 5) is 27.9. The first-order valence-electron chi connectivity index (χ1n) is 15.9. The van der Waals surface area contributed by atoms with Crippen LogP contribution >= 0.6 is 0 Å². The van der Waals surface area contributed by atoms with Gasteiger partial charge in [-0.3, -0.25) is 14.5 Å². The summed E-state index contributed by atoms with van der Waals surface area (Å²) < 4.78 is 36.6. The van der Waals surface area contributed by atoms with Crippen LogP contribution in [0.25, 0.3) is 28.2 Å². The zero-order valence-electron chi connectivity index (χ0n) is 26.6. The topological polar surface area (TPSA) is 127 Å². The van der Waals surface area contributed by atoms with Crippen molar-refractivity contribution in [2.24, 2.45) is 18.9 Å². The fourth-order valence-electron chi connectivity index (χ4n) is 6.68. The molecule has 0 amide bonds. The molecule has 6 rings (SSSR count). The minimum Gasteiger partial charge on any atom is -0.492 e. The lowest BCUT2D eigenvalue weighted by Gasteiger charge is -2.38. The van der Waals surface area contributed by atoms with Crippen LogP contribution in [0.15, 0.2) is 43.1 Å². The molecule has 1 aliphatic carbocycles. The van der Waals surface area contributed by atoms with Gasteiger partial charge in [-0.2, -0.15) is 14.9 Å². The number of halogens is 1. The highest BCUT2D eigenvalue weighted by molar-refractivity contribution is 5.79. The SMILES string of the molecule is CCOC(=O)C(F)C1CCC(C2Nc3c(-c4ccc(-c5cnn(CCOC(C)=O)c5)nc4)cnn3-c3c2c(OCC)cn3C)CC1. The van der Waals surface area contributed by atoms with Crippen molar-refractivity contribution in [1.82, 2.24) is 29.1 Å². The standard InChI is InChI=1S/C33H40FN7O5/c1-5-44-27-19-39(4)32-28(27)30(22-9-7-21(8-10-22)29(34)33(43)45-6-2)38-31-25(17-37-41(31)32)23-11-12-26(35-15-23)24-16-36-40(18-24)13-14-46-20(3)42/h11-12,15-19,21-22,29-30,38H,5-10,13-14H2,1-4H3. The molecule has 0 radical (unpaired) electrons. The van der Waals surface area contributed by atoms with E-state index in [4.69, 9.17) is 24.3 Å². The molecular formula is C33H40FN7O5. The second-order valence-corrected chi connectivity index (χ2v) is 11.8. The van der Waals surface area contributed by atoms with E-state index < -0.39 is 12.1 Å². The number of ether oxygens (including phenoxy) is 3. The summed E-state index contributed by atoms with van der Waals surface area (Å²) in [5.74, 6) is 1.36. The van der Waals surface area contributed by atoms with Gasteiger partial charge in [0.15, 0.2) is 6.17 Å². The van der Waals surface area contributed by atoms with Crippen LogP contribution in [0.2, 0.25) is 0 Å². The van der Waals surface area contributed by atoms with Gasteiger partial charge < -0.3 is 24.1 Å². The molecule has 0 bridgehead atoms. The van der Waals surface area contributed by atoms with Crippen LogP contribution in [0, 0.1) is 11.8 Å². The molecule has 1 fully saturated rings. The number of hydrogen-bond donors (Lipinski definition) is 1. The van der Waals surface area contributed by atoms with Gasteiger partial charge in [0.1, 0.15) is 24.0 Å². The largest absolute Gasteiger partial charge is 0.492 e. The average molecular weight is 634 g/mol. The van der Waals surface area contributed by atoms with E-state index in [0.29, 0.717) is 26.0 Å². The number of pyridine rings is 1. The van der Waals surface area contributed by atoms with Crippen LogP contribution in [0.4, 0.5) is 10.2 Å². The molecule has 2 unspecified atom stereocenters. The minimum atomic E-state index is -1.59. The monoisotopic (exact) mass is 633 g/mol. The number of carbonyl (C=O) groups is 2. The normalized spacial score (nSPS) is 19.5. The number of esters is 2. The Hall–Kier alpha value is -4.68. The second-order valence-electron chi connectivity index (χ2n) is 11.8. The fourth-order valence-corrected chi connectivity index (χ4v) is 6.68. The summed E-state index contributed by atoms with van der Waals surface area (Å²) in [6, 6.07) is 3.88. The highest BCUT2D eigenvalue weighted by Crippen LogP contribution is 2.49. The molecule has 1 saturated carbocycles. The summed E-state index contributed by atoms with van der Waals surface area (Å²) in [6.07, 6.45) is 10.4. The first kappa shape index (κ1) is 31.3. The van der Waals surface area contributed by atoms with Crippen molar-refractivity contribution in [2.45, 2.75) is 65.2 Å². The van der Waals surface area contributed by atoms with Crippen molar-refractivity contribution in [2.75, 3.05) is 25.1 Å². The van der Waals surface area contributed by atoms with E-state index in [1.807, 2.05) is 60.1 Å². The molecule has 46 heavy (non-hydrogen) atoms. The van der Waals surface area contributed by atoms with E-state index in [1.165, 1.54) is 6.92 Å². The highest BCUT2D eigenvalue weighted by Gasteiger charge is 2.41. The molecular weight excluding hydrogens is 593 g/mol. The number of alkyl halides is 1. The van der Waals surface area contributed by atoms with Gasteiger partial charge in [-0.25, -0.2) is 9.18 Å². The number of anilines is 1. The fraction of sp³-hybridized carbons (Fsp3) is 0.485. The Labute approximate surface area is 266 Å². The van der Waals surface area contributed by atoms with Crippen molar-refractivity contribution in [3.05, 3.63) is 48.7 Å². The first-order chi connectivity index (χ1) is 22.3. The van der Waals surface area contributed by atoms with Crippen molar-refractivity contribution < 1.29 is 28.2 Å². The Morgan fingerprint density at radius 1 is 1.02 bits per heavy atom. The van der Waals surface area contributed by atoms with Crippen molar-refractivity contribution in [3.8, 4) is 34.0 Å². The third kappa shape index (κ3) is 6.10. The predicted molar refractivity (Wildman–Crippen MR) is 168 cm³/mol. The number of rotatable bonds is 11. The predicted octanol–water partition coefficient (Wildman–Crippen LogP) is 5.27. The number of carbonyl (C=O) groups excluding carboxylic acids is 2. The molecule has 2 atom stereocenters.